The maximum atomic E-state index is 13.2. The predicted octanol–water partition coefficient (Wildman–Crippen LogP) is 2.20. The predicted molar refractivity (Wildman–Crippen MR) is 143 cm³/mol. The topological polar surface area (TPSA) is 114 Å². The standard InChI is InChI=1S/C28H29N3O7S/c32-27(20-37-22-10-12-23(13-11-22)39(34,35)30-14-16-36-17-15-30)31-19-26(38-25-9-5-4-8-24(25)31)28(33)29-18-21-6-2-1-3-7-21/h1-13,26H,14-20H2,(H,29,33)/t26-/m1/s1. The van der Waals surface area contributed by atoms with Crippen LogP contribution in [-0.4, -0.2) is 70.1 Å². The van der Waals surface area contributed by atoms with Crippen molar-refractivity contribution in [1.82, 2.24) is 9.62 Å². The fraction of sp³-hybridized carbons (Fsp3) is 0.286. The summed E-state index contributed by atoms with van der Waals surface area (Å²) in [5.74, 6) is 0.0818. The van der Waals surface area contributed by atoms with Gasteiger partial charge in [0, 0.05) is 19.6 Å². The maximum absolute atomic E-state index is 13.2. The Hall–Kier alpha value is -3.93. The van der Waals surface area contributed by atoms with E-state index in [1.54, 1.807) is 24.3 Å². The highest BCUT2D eigenvalue weighted by molar-refractivity contribution is 7.89. The van der Waals surface area contributed by atoms with E-state index in [-0.39, 0.29) is 29.9 Å². The van der Waals surface area contributed by atoms with E-state index in [4.69, 9.17) is 14.2 Å². The van der Waals surface area contributed by atoms with Crippen molar-refractivity contribution in [2.45, 2.75) is 17.5 Å². The summed E-state index contributed by atoms with van der Waals surface area (Å²) in [7, 11) is -3.63. The summed E-state index contributed by atoms with van der Waals surface area (Å²) in [4.78, 5) is 27.7. The van der Waals surface area contributed by atoms with Crippen molar-refractivity contribution in [2.24, 2.45) is 0 Å². The largest absolute Gasteiger partial charge is 0.484 e. The fourth-order valence-corrected chi connectivity index (χ4v) is 5.78. The van der Waals surface area contributed by atoms with Gasteiger partial charge in [-0.15, -0.1) is 0 Å². The van der Waals surface area contributed by atoms with Crippen LogP contribution in [0.5, 0.6) is 11.5 Å². The minimum atomic E-state index is -3.63. The molecule has 204 valence electrons. The Morgan fingerprint density at radius 1 is 0.923 bits per heavy atom. The van der Waals surface area contributed by atoms with Crippen LogP contribution in [0, 0.1) is 0 Å². The number of rotatable bonds is 8. The van der Waals surface area contributed by atoms with Crippen molar-refractivity contribution >= 4 is 27.5 Å². The summed E-state index contributed by atoms with van der Waals surface area (Å²) in [6, 6.07) is 22.5. The van der Waals surface area contributed by atoms with Crippen LogP contribution in [0.15, 0.2) is 83.8 Å². The second kappa shape index (κ2) is 11.9. The normalized spacial score (nSPS) is 17.5. The number of para-hydroxylation sites is 2. The zero-order chi connectivity index (χ0) is 27.2. The SMILES string of the molecule is O=C(NCc1ccccc1)[C@H]1CN(C(=O)COc2ccc(S(=O)(=O)N3CCOCC3)cc2)c2ccccc2O1. The summed E-state index contributed by atoms with van der Waals surface area (Å²) in [5, 5.41) is 2.87. The first-order valence-corrected chi connectivity index (χ1v) is 14.0. The van der Waals surface area contributed by atoms with Gasteiger partial charge >= 0.3 is 0 Å². The Labute approximate surface area is 227 Å². The van der Waals surface area contributed by atoms with Gasteiger partial charge in [0.15, 0.2) is 12.7 Å². The smallest absolute Gasteiger partial charge is 0.265 e. The van der Waals surface area contributed by atoms with Crippen molar-refractivity contribution in [3.05, 3.63) is 84.4 Å². The summed E-state index contributed by atoms with van der Waals surface area (Å²) < 4.78 is 43.9. The van der Waals surface area contributed by atoms with E-state index in [0.29, 0.717) is 50.0 Å². The lowest BCUT2D eigenvalue weighted by Crippen LogP contribution is -2.51. The molecular weight excluding hydrogens is 522 g/mol. The molecule has 1 saturated heterocycles. The molecule has 2 heterocycles. The van der Waals surface area contributed by atoms with Crippen molar-refractivity contribution in [2.75, 3.05) is 44.4 Å². The first-order chi connectivity index (χ1) is 18.9. The van der Waals surface area contributed by atoms with Gasteiger partial charge in [-0.2, -0.15) is 4.31 Å². The van der Waals surface area contributed by atoms with Crippen molar-refractivity contribution in [3.8, 4) is 11.5 Å². The number of nitrogens with one attached hydrogen (secondary N) is 1. The molecule has 0 aromatic heterocycles. The van der Waals surface area contributed by atoms with Crippen LogP contribution in [-0.2, 0) is 30.9 Å². The van der Waals surface area contributed by atoms with Gasteiger partial charge < -0.3 is 24.4 Å². The van der Waals surface area contributed by atoms with Gasteiger partial charge in [0.25, 0.3) is 11.8 Å². The highest BCUT2D eigenvalue weighted by atomic mass is 32.2. The van der Waals surface area contributed by atoms with Gasteiger partial charge in [0.1, 0.15) is 11.5 Å². The molecule has 0 saturated carbocycles. The third-order valence-electron chi connectivity index (χ3n) is 6.47. The second-order valence-electron chi connectivity index (χ2n) is 9.06. The molecule has 10 nitrogen and oxygen atoms in total. The van der Waals surface area contributed by atoms with Crippen molar-refractivity contribution in [1.29, 1.82) is 0 Å². The highest BCUT2D eigenvalue weighted by Crippen LogP contribution is 2.33. The zero-order valence-electron chi connectivity index (χ0n) is 21.2. The van der Waals surface area contributed by atoms with Crippen molar-refractivity contribution in [3.63, 3.8) is 0 Å². The minimum Gasteiger partial charge on any atom is -0.484 e. The number of nitrogens with zero attached hydrogens (tertiary/aromatic N) is 2. The Morgan fingerprint density at radius 2 is 1.62 bits per heavy atom. The number of morpholine rings is 1. The lowest BCUT2D eigenvalue weighted by atomic mass is 10.1. The third kappa shape index (κ3) is 6.22. The molecular formula is C28H29N3O7S. The van der Waals surface area contributed by atoms with E-state index in [1.807, 2.05) is 30.3 Å². The molecule has 1 N–H and O–H groups in total. The van der Waals surface area contributed by atoms with Crippen LogP contribution in [0.1, 0.15) is 5.56 Å². The molecule has 5 rings (SSSR count). The number of carbonyl (C=O) groups is 2. The van der Waals surface area contributed by atoms with Crippen molar-refractivity contribution < 1.29 is 32.2 Å². The van der Waals surface area contributed by atoms with Gasteiger partial charge in [0.05, 0.1) is 30.3 Å². The number of benzene rings is 3. The van der Waals surface area contributed by atoms with Gasteiger partial charge in [-0.25, -0.2) is 8.42 Å². The monoisotopic (exact) mass is 551 g/mol. The van der Waals surface area contributed by atoms with Crippen LogP contribution in [0.3, 0.4) is 0 Å². The first-order valence-electron chi connectivity index (χ1n) is 12.6. The van der Waals surface area contributed by atoms with E-state index in [1.165, 1.54) is 33.5 Å². The quantitative estimate of drug-likeness (QED) is 0.457. The van der Waals surface area contributed by atoms with Crippen LogP contribution in [0.2, 0.25) is 0 Å². The Morgan fingerprint density at radius 3 is 2.36 bits per heavy atom. The Bertz CT molecular complexity index is 1410. The van der Waals surface area contributed by atoms with E-state index in [0.717, 1.165) is 5.56 Å². The van der Waals surface area contributed by atoms with E-state index >= 15 is 0 Å². The van der Waals surface area contributed by atoms with Gasteiger partial charge in [-0.05, 0) is 42.0 Å². The molecule has 1 fully saturated rings. The highest BCUT2D eigenvalue weighted by Gasteiger charge is 2.34. The average molecular weight is 552 g/mol. The number of fused-ring (bicyclic) bond motifs is 1. The number of carbonyl (C=O) groups excluding carboxylic acids is 2. The molecule has 11 heteroatoms. The third-order valence-corrected chi connectivity index (χ3v) is 8.38. The molecule has 0 radical (unpaired) electrons. The molecule has 39 heavy (non-hydrogen) atoms. The molecule has 0 unspecified atom stereocenters. The number of hydrogen-bond acceptors (Lipinski definition) is 7. The first kappa shape index (κ1) is 26.7. The maximum Gasteiger partial charge on any atom is 0.265 e. The molecule has 1 atom stereocenters. The van der Waals surface area contributed by atoms with Crippen LogP contribution in [0.4, 0.5) is 5.69 Å². The number of amides is 2. The lowest BCUT2D eigenvalue weighted by molar-refractivity contribution is -0.128. The summed E-state index contributed by atoms with van der Waals surface area (Å²) in [5.41, 5.74) is 1.50. The Balaban J connectivity index is 1.22. The molecule has 2 aliphatic rings. The molecule has 0 aliphatic carbocycles. The minimum absolute atomic E-state index is 0.0244. The number of sulfonamides is 1. The van der Waals surface area contributed by atoms with E-state index in [9.17, 15) is 18.0 Å². The molecule has 3 aromatic carbocycles. The zero-order valence-corrected chi connectivity index (χ0v) is 22.0. The second-order valence-corrected chi connectivity index (χ2v) is 11.0. The van der Waals surface area contributed by atoms with Gasteiger partial charge in [-0.3, -0.25) is 9.59 Å². The van der Waals surface area contributed by atoms with Crippen LogP contribution in [0.25, 0.3) is 0 Å². The molecule has 3 aromatic rings. The molecule has 0 spiro atoms. The fourth-order valence-electron chi connectivity index (χ4n) is 4.37. The summed E-state index contributed by atoms with van der Waals surface area (Å²) in [6.45, 7) is 1.41. The Kier molecular flexibility index (Phi) is 8.10. The molecule has 2 aliphatic heterocycles. The summed E-state index contributed by atoms with van der Waals surface area (Å²) in [6.07, 6.45) is -0.891. The summed E-state index contributed by atoms with van der Waals surface area (Å²) >= 11 is 0. The molecule has 2 amide bonds. The number of hydrogen-bond donors (Lipinski definition) is 1. The van der Waals surface area contributed by atoms with Gasteiger partial charge in [-0.1, -0.05) is 42.5 Å². The van der Waals surface area contributed by atoms with E-state index in [2.05, 4.69) is 5.32 Å². The number of anilines is 1. The van der Waals surface area contributed by atoms with E-state index < -0.39 is 16.1 Å². The van der Waals surface area contributed by atoms with Crippen LogP contribution >= 0.6 is 0 Å². The van der Waals surface area contributed by atoms with Gasteiger partial charge in [0.2, 0.25) is 10.0 Å². The molecule has 0 bridgehead atoms. The lowest BCUT2D eigenvalue weighted by Gasteiger charge is -2.34. The average Bonchev–Trinajstić information content (AvgIpc) is 2.99. The van der Waals surface area contributed by atoms with Crippen LogP contribution < -0.4 is 19.7 Å². The number of ether oxygens (including phenoxy) is 3.